The SMILES string of the molecule is O=C(Nc1nccnn1)c1ncn[nH]1. The van der Waals surface area contributed by atoms with Crippen LogP contribution in [0, 0.1) is 0 Å². The summed E-state index contributed by atoms with van der Waals surface area (Å²) >= 11 is 0. The minimum absolute atomic E-state index is 0.0949. The quantitative estimate of drug-likeness (QED) is 0.645. The first kappa shape index (κ1) is 8.23. The van der Waals surface area contributed by atoms with Gasteiger partial charge in [0, 0.05) is 0 Å². The van der Waals surface area contributed by atoms with Crippen molar-refractivity contribution in [2.24, 2.45) is 0 Å². The maximum Gasteiger partial charge on any atom is 0.295 e. The first-order valence-corrected chi connectivity index (χ1v) is 3.66. The molecule has 0 aromatic carbocycles. The van der Waals surface area contributed by atoms with Crippen LogP contribution in [-0.2, 0) is 0 Å². The molecule has 2 N–H and O–H groups in total. The molecule has 2 aromatic rings. The molecule has 0 saturated carbocycles. The van der Waals surface area contributed by atoms with Gasteiger partial charge in [-0.15, -0.1) is 5.10 Å². The number of hydrogen-bond donors (Lipinski definition) is 2. The average molecular weight is 191 g/mol. The monoisotopic (exact) mass is 191 g/mol. The van der Waals surface area contributed by atoms with E-state index in [0.29, 0.717) is 0 Å². The number of H-pyrrole nitrogens is 1. The van der Waals surface area contributed by atoms with E-state index in [0.717, 1.165) is 0 Å². The van der Waals surface area contributed by atoms with E-state index in [2.05, 4.69) is 35.7 Å². The summed E-state index contributed by atoms with van der Waals surface area (Å²) in [6.07, 6.45) is 4.06. The molecule has 2 rings (SSSR count). The highest BCUT2D eigenvalue weighted by molar-refractivity contribution is 6.00. The van der Waals surface area contributed by atoms with Gasteiger partial charge in [0.05, 0.1) is 12.4 Å². The summed E-state index contributed by atoms with van der Waals surface area (Å²) in [5, 5.41) is 15.4. The molecule has 0 aliphatic heterocycles. The fourth-order valence-electron chi connectivity index (χ4n) is 0.780. The molecule has 0 fully saturated rings. The number of carbonyl (C=O) groups is 1. The van der Waals surface area contributed by atoms with Gasteiger partial charge in [0.1, 0.15) is 6.33 Å². The number of carbonyl (C=O) groups excluding carboxylic acids is 1. The molecule has 8 nitrogen and oxygen atoms in total. The highest BCUT2D eigenvalue weighted by Gasteiger charge is 2.09. The predicted molar refractivity (Wildman–Crippen MR) is 44.2 cm³/mol. The third-order valence-corrected chi connectivity index (χ3v) is 1.34. The molecule has 0 spiro atoms. The van der Waals surface area contributed by atoms with E-state index >= 15 is 0 Å². The summed E-state index contributed by atoms with van der Waals surface area (Å²) in [5.74, 6) is -0.248. The molecule has 0 bridgehead atoms. The van der Waals surface area contributed by atoms with Crippen molar-refractivity contribution in [2.75, 3.05) is 5.32 Å². The largest absolute Gasteiger partial charge is 0.295 e. The van der Waals surface area contributed by atoms with Crippen LogP contribution in [0.1, 0.15) is 10.6 Å². The van der Waals surface area contributed by atoms with Crippen molar-refractivity contribution in [3.63, 3.8) is 0 Å². The van der Waals surface area contributed by atoms with Gasteiger partial charge in [0.25, 0.3) is 5.91 Å². The highest BCUT2D eigenvalue weighted by Crippen LogP contribution is 1.95. The molecule has 0 atom stereocenters. The van der Waals surface area contributed by atoms with E-state index < -0.39 is 5.91 Å². The first-order valence-electron chi connectivity index (χ1n) is 3.66. The van der Waals surface area contributed by atoms with Crippen LogP contribution in [0.5, 0.6) is 0 Å². The van der Waals surface area contributed by atoms with Crippen molar-refractivity contribution in [3.8, 4) is 0 Å². The van der Waals surface area contributed by atoms with Crippen LogP contribution < -0.4 is 5.32 Å². The smallest absolute Gasteiger partial charge is 0.286 e. The molecular formula is C6H5N7O. The Bertz CT molecular complexity index is 411. The summed E-state index contributed by atoms with van der Waals surface area (Å²) < 4.78 is 0. The van der Waals surface area contributed by atoms with Crippen LogP contribution >= 0.6 is 0 Å². The Morgan fingerprint density at radius 1 is 1.36 bits per heavy atom. The second-order valence-electron chi connectivity index (χ2n) is 2.25. The molecule has 0 unspecified atom stereocenters. The number of nitrogens with zero attached hydrogens (tertiary/aromatic N) is 5. The van der Waals surface area contributed by atoms with Gasteiger partial charge in [-0.05, 0) is 0 Å². The van der Waals surface area contributed by atoms with Gasteiger partial charge < -0.3 is 0 Å². The Morgan fingerprint density at radius 3 is 2.93 bits per heavy atom. The summed E-state index contributed by atoms with van der Waals surface area (Å²) in [7, 11) is 0. The Kier molecular flexibility index (Phi) is 2.09. The van der Waals surface area contributed by atoms with Gasteiger partial charge >= 0.3 is 0 Å². The van der Waals surface area contributed by atoms with Crippen LogP contribution in [0.4, 0.5) is 5.95 Å². The van der Waals surface area contributed by atoms with Crippen LogP contribution in [0.2, 0.25) is 0 Å². The number of aromatic amines is 1. The zero-order valence-electron chi connectivity index (χ0n) is 6.88. The number of nitrogens with one attached hydrogen (secondary N) is 2. The zero-order chi connectivity index (χ0) is 9.80. The van der Waals surface area contributed by atoms with Gasteiger partial charge in [-0.2, -0.15) is 10.2 Å². The van der Waals surface area contributed by atoms with Gasteiger partial charge in [-0.3, -0.25) is 15.2 Å². The normalized spacial score (nSPS) is 9.71. The lowest BCUT2D eigenvalue weighted by atomic mass is 10.6. The van der Waals surface area contributed by atoms with E-state index in [9.17, 15) is 4.79 Å². The average Bonchev–Trinajstić information content (AvgIpc) is 2.72. The van der Waals surface area contributed by atoms with Gasteiger partial charge in [-0.1, -0.05) is 0 Å². The summed E-state index contributed by atoms with van der Waals surface area (Å²) in [5.41, 5.74) is 0. The van der Waals surface area contributed by atoms with Gasteiger partial charge in [0.15, 0.2) is 0 Å². The zero-order valence-corrected chi connectivity index (χ0v) is 6.88. The second-order valence-corrected chi connectivity index (χ2v) is 2.25. The van der Waals surface area contributed by atoms with E-state index in [4.69, 9.17) is 0 Å². The molecule has 2 heterocycles. The number of anilines is 1. The fraction of sp³-hybridized carbons (Fsp3) is 0. The van der Waals surface area contributed by atoms with Crippen molar-refractivity contribution in [1.29, 1.82) is 0 Å². The first-order chi connectivity index (χ1) is 6.86. The third kappa shape index (κ3) is 1.68. The molecule has 0 radical (unpaired) electrons. The number of rotatable bonds is 2. The topological polar surface area (TPSA) is 109 Å². The van der Waals surface area contributed by atoms with E-state index in [1.54, 1.807) is 0 Å². The molecule has 8 heteroatoms. The van der Waals surface area contributed by atoms with Crippen molar-refractivity contribution >= 4 is 11.9 Å². The Balaban J connectivity index is 2.10. The van der Waals surface area contributed by atoms with E-state index in [1.165, 1.54) is 18.7 Å². The number of hydrogen-bond acceptors (Lipinski definition) is 6. The van der Waals surface area contributed by atoms with Gasteiger partial charge in [-0.25, -0.2) is 9.97 Å². The molecule has 0 aliphatic carbocycles. The van der Waals surface area contributed by atoms with Gasteiger partial charge in [0.2, 0.25) is 11.8 Å². The summed E-state index contributed by atoms with van der Waals surface area (Å²) in [4.78, 5) is 18.7. The lowest BCUT2D eigenvalue weighted by Gasteiger charge is -1.97. The molecule has 0 saturated heterocycles. The Morgan fingerprint density at radius 2 is 2.29 bits per heavy atom. The van der Waals surface area contributed by atoms with Crippen molar-refractivity contribution in [1.82, 2.24) is 30.4 Å². The molecule has 70 valence electrons. The molecular weight excluding hydrogens is 186 g/mol. The van der Waals surface area contributed by atoms with Crippen LogP contribution in [0.15, 0.2) is 18.7 Å². The molecule has 2 aromatic heterocycles. The highest BCUT2D eigenvalue weighted by atomic mass is 16.2. The van der Waals surface area contributed by atoms with Crippen LogP contribution in [0.3, 0.4) is 0 Å². The van der Waals surface area contributed by atoms with Crippen molar-refractivity contribution < 1.29 is 4.79 Å². The summed E-state index contributed by atoms with van der Waals surface area (Å²) in [6, 6.07) is 0. The maximum absolute atomic E-state index is 11.3. The van der Waals surface area contributed by atoms with Crippen molar-refractivity contribution in [3.05, 3.63) is 24.5 Å². The van der Waals surface area contributed by atoms with Crippen molar-refractivity contribution in [2.45, 2.75) is 0 Å². The standard InChI is InChI=1S/C6H5N7O/c14-5(4-8-3-10-12-4)11-6-7-1-2-9-13-6/h1-3H,(H,8,10,12)(H,7,11,13,14). The van der Waals surface area contributed by atoms with Crippen LogP contribution in [0.25, 0.3) is 0 Å². The number of amides is 1. The van der Waals surface area contributed by atoms with E-state index in [1.807, 2.05) is 0 Å². The minimum atomic E-state index is -0.462. The molecule has 14 heavy (non-hydrogen) atoms. The molecule has 0 aliphatic rings. The minimum Gasteiger partial charge on any atom is -0.286 e. The third-order valence-electron chi connectivity index (χ3n) is 1.34. The van der Waals surface area contributed by atoms with E-state index in [-0.39, 0.29) is 11.8 Å². The lowest BCUT2D eigenvalue weighted by molar-refractivity contribution is 0.101. The summed E-state index contributed by atoms with van der Waals surface area (Å²) in [6.45, 7) is 0. The Hall–Kier alpha value is -2.38. The number of aromatic nitrogens is 6. The van der Waals surface area contributed by atoms with Crippen LogP contribution in [-0.4, -0.2) is 36.3 Å². The fourth-order valence-corrected chi connectivity index (χ4v) is 0.780. The Labute approximate surface area is 77.8 Å². The molecule has 1 amide bonds. The predicted octanol–water partition coefficient (Wildman–Crippen LogP) is -0.758. The lowest BCUT2D eigenvalue weighted by Crippen LogP contribution is -2.15. The maximum atomic E-state index is 11.3. The second kappa shape index (κ2) is 3.56.